The number of benzene rings is 1. The predicted molar refractivity (Wildman–Crippen MR) is 116 cm³/mol. The Balaban J connectivity index is 1.43. The molecular weight excluding hydrogens is 411 g/mol. The highest BCUT2D eigenvalue weighted by molar-refractivity contribution is 5.81. The second-order valence-corrected chi connectivity index (χ2v) is 8.16. The number of hydrogen-bond donors (Lipinski definition) is 2. The van der Waals surface area contributed by atoms with Gasteiger partial charge < -0.3 is 19.6 Å². The van der Waals surface area contributed by atoms with Gasteiger partial charge >= 0.3 is 0 Å². The molecule has 32 heavy (non-hydrogen) atoms. The Kier molecular flexibility index (Phi) is 4.11. The molecule has 1 fully saturated rings. The summed E-state index contributed by atoms with van der Waals surface area (Å²) in [6.45, 7) is 0. The van der Waals surface area contributed by atoms with Gasteiger partial charge in [-0.25, -0.2) is 9.37 Å². The molecule has 8 nitrogen and oxygen atoms in total. The van der Waals surface area contributed by atoms with E-state index >= 15 is 4.39 Å². The van der Waals surface area contributed by atoms with Crippen molar-refractivity contribution < 1.29 is 9.50 Å². The molecular formula is C23H19FN6O2. The number of piperidine rings is 1. The number of phenolic OH excluding ortho intramolecular Hbond substituents is 1. The number of rotatable bonds is 3. The Morgan fingerprint density at radius 3 is 2.88 bits per heavy atom. The van der Waals surface area contributed by atoms with E-state index in [1.165, 1.54) is 6.07 Å². The molecule has 0 saturated carbocycles. The average molecular weight is 430 g/mol. The molecule has 2 N–H and O–H groups in total. The lowest BCUT2D eigenvalue weighted by Gasteiger charge is -2.33. The van der Waals surface area contributed by atoms with E-state index in [0.717, 1.165) is 11.4 Å². The van der Waals surface area contributed by atoms with Crippen LogP contribution in [0.25, 0.3) is 28.0 Å². The van der Waals surface area contributed by atoms with E-state index in [1.807, 2.05) is 12.1 Å². The Morgan fingerprint density at radius 1 is 1.16 bits per heavy atom. The zero-order valence-corrected chi connectivity index (χ0v) is 16.9. The van der Waals surface area contributed by atoms with Crippen LogP contribution in [-0.4, -0.2) is 41.6 Å². The summed E-state index contributed by atoms with van der Waals surface area (Å²) in [5.41, 5.74) is 2.69. The van der Waals surface area contributed by atoms with Gasteiger partial charge in [0.2, 0.25) is 0 Å². The molecule has 2 bridgehead atoms. The summed E-state index contributed by atoms with van der Waals surface area (Å²) in [4.78, 5) is 16.6. The van der Waals surface area contributed by atoms with E-state index in [0.29, 0.717) is 35.1 Å². The highest BCUT2D eigenvalue weighted by Crippen LogP contribution is 2.37. The van der Waals surface area contributed by atoms with Crippen LogP contribution >= 0.6 is 0 Å². The number of aromatic hydroxyl groups is 1. The van der Waals surface area contributed by atoms with Gasteiger partial charge in [-0.2, -0.15) is 0 Å². The summed E-state index contributed by atoms with van der Waals surface area (Å²) in [6, 6.07) is 7.46. The molecule has 1 unspecified atom stereocenters. The minimum Gasteiger partial charge on any atom is -0.507 e. The van der Waals surface area contributed by atoms with Gasteiger partial charge in [-0.3, -0.25) is 4.79 Å². The standard InChI is InChI=1S/C23H19FN6O2/c24-22-17-4-1-13(26-17)9-19(22)30-7-5-20(31)16-11-18(27-28-23(16)30)15-3-2-14(10-21(15)32)29-8-6-25-12-29/h1-3,5-8,10-12,17,19,22,26,32H,4,9H2/t17?,19-,22-/m0/s1. The first-order valence-electron chi connectivity index (χ1n) is 10.4. The van der Waals surface area contributed by atoms with Crippen LogP contribution in [0.3, 0.4) is 0 Å². The minimum absolute atomic E-state index is 0.00629. The lowest BCUT2D eigenvalue weighted by molar-refractivity contribution is 0.163. The molecule has 3 aromatic heterocycles. The van der Waals surface area contributed by atoms with Gasteiger partial charge in [-0.05, 0) is 24.6 Å². The number of fused-ring (bicyclic) bond motifs is 3. The number of pyridine rings is 1. The smallest absolute Gasteiger partial charge is 0.191 e. The van der Waals surface area contributed by atoms with Crippen molar-refractivity contribution in [3.63, 3.8) is 0 Å². The monoisotopic (exact) mass is 430 g/mol. The third-order valence-electron chi connectivity index (χ3n) is 6.26. The lowest BCUT2D eigenvalue weighted by Crippen LogP contribution is -2.43. The van der Waals surface area contributed by atoms with E-state index in [1.54, 1.807) is 52.3 Å². The fourth-order valence-corrected chi connectivity index (χ4v) is 4.61. The molecule has 0 aliphatic carbocycles. The highest BCUT2D eigenvalue weighted by Gasteiger charge is 2.39. The van der Waals surface area contributed by atoms with Crippen LogP contribution < -0.4 is 10.7 Å². The first-order chi connectivity index (χ1) is 15.6. The number of hydrogen-bond acceptors (Lipinski definition) is 6. The van der Waals surface area contributed by atoms with Crippen LogP contribution in [0.5, 0.6) is 5.75 Å². The van der Waals surface area contributed by atoms with Crippen LogP contribution in [0.4, 0.5) is 4.39 Å². The molecule has 1 saturated heterocycles. The van der Waals surface area contributed by atoms with Crippen molar-refractivity contribution in [1.82, 2.24) is 29.6 Å². The van der Waals surface area contributed by atoms with Gasteiger partial charge in [0.1, 0.15) is 11.9 Å². The maximum atomic E-state index is 15.1. The van der Waals surface area contributed by atoms with Gasteiger partial charge in [0.25, 0.3) is 0 Å². The molecule has 1 aromatic carbocycles. The number of nitrogens with zero attached hydrogens (tertiary/aromatic N) is 5. The van der Waals surface area contributed by atoms with Crippen molar-refractivity contribution >= 4 is 11.0 Å². The maximum Gasteiger partial charge on any atom is 0.191 e. The first kappa shape index (κ1) is 18.7. The third kappa shape index (κ3) is 2.89. The maximum absolute atomic E-state index is 15.1. The number of allylic oxidation sites excluding steroid dienone is 1. The SMILES string of the molecule is O=c1ccn([C@H]2CC3=CCC(N3)[C@@H]2F)c2nnc(-c3ccc(-n4ccnc4)cc3O)cc12. The van der Waals surface area contributed by atoms with Crippen LogP contribution in [0.2, 0.25) is 0 Å². The Labute approximate surface area is 181 Å². The van der Waals surface area contributed by atoms with E-state index in [9.17, 15) is 9.90 Å². The van der Waals surface area contributed by atoms with E-state index in [2.05, 4.69) is 20.5 Å². The number of aromatic nitrogens is 5. The summed E-state index contributed by atoms with van der Waals surface area (Å²) in [5.74, 6) is 0.00629. The summed E-state index contributed by atoms with van der Waals surface area (Å²) in [5, 5.41) is 22.7. The van der Waals surface area contributed by atoms with Gasteiger partial charge in [0.15, 0.2) is 11.1 Å². The minimum atomic E-state index is -1.11. The van der Waals surface area contributed by atoms with Crippen LogP contribution in [0.1, 0.15) is 18.9 Å². The van der Waals surface area contributed by atoms with E-state index in [-0.39, 0.29) is 17.2 Å². The summed E-state index contributed by atoms with van der Waals surface area (Å²) < 4.78 is 18.6. The Morgan fingerprint density at radius 2 is 2.06 bits per heavy atom. The quantitative estimate of drug-likeness (QED) is 0.519. The molecule has 9 heteroatoms. The second kappa shape index (κ2) is 7.01. The molecule has 0 amide bonds. The number of imidazole rings is 1. The summed E-state index contributed by atoms with van der Waals surface area (Å²) in [6.07, 6.45) is 8.74. The molecule has 0 radical (unpaired) electrons. The van der Waals surface area contributed by atoms with Crippen LogP contribution in [0.15, 0.2) is 71.8 Å². The van der Waals surface area contributed by atoms with Crippen molar-refractivity contribution in [2.45, 2.75) is 31.1 Å². The molecule has 160 valence electrons. The molecule has 3 atom stereocenters. The largest absolute Gasteiger partial charge is 0.507 e. The number of halogens is 1. The van der Waals surface area contributed by atoms with Crippen molar-refractivity contribution in [3.8, 4) is 22.7 Å². The molecule has 0 spiro atoms. The Bertz CT molecular complexity index is 1430. The zero-order chi connectivity index (χ0) is 21.8. The topological polar surface area (TPSA) is 97.9 Å². The van der Waals surface area contributed by atoms with Crippen molar-refractivity contribution in [1.29, 1.82) is 0 Å². The molecule has 2 aliphatic heterocycles. The van der Waals surface area contributed by atoms with E-state index in [4.69, 9.17) is 0 Å². The van der Waals surface area contributed by atoms with Gasteiger partial charge in [-0.1, -0.05) is 6.08 Å². The molecule has 2 aliphatic rings. The van der Waals surface area contributed by atoms with E-state index < -0.39 is 12.2 Å². The van der Waals surface area contributed by atoms with Gasteiger partial charge in [0.05, 0.1) is 35.2 Å². The first-order valence-corrected chi connectivity index (χ1v) is 10.4. The van der Waals surface area contributed by atoms with Crippen LogP contribution in [0, 0.1) is 0 Å². The average Bonchev–Trinajstić information content (AvgIpc) is 3.48. The third-order valence-corrected chi connectivity index (χ3v) is 6.26. The predicted octanol–water partition coefficient (Wildman–Crippen LogP) is 2.88. The summed E-state index contributed by atoms with van der Waals surface area (Å²) >= 11 is 0. The second-order valence-electron chi connectivity index (χ2n) is 8.16. The number of phenols is 1. The zero-order valence-electron chi connectivity index (χ0n) is 16.9. The van der Waals surface area contributed by atoms with Gasteiger partial charge in [-0.15, -0.1) is 10.2 Å². The van der Waals surface area contributed by atoms with Gasteiger partial charge in [0, 0.05) is 48.4 Å². The van der Waals surface area contributed by atoms with Crippen molar-refractivity contribution in [3.05, 3.63) is 77.2 Å². The highest BCUT2D eigenvalue weighted by atomic mass is 19.1. The number of alkyl halides is 1. The Hall–Kier alpha value is -4.01. The molecule has 4 aromatic rings. The molecule has 6 rings (SSSR count). The fourth-order valence-electron chi connectivity index (χ4n) is 4.61. The molecule has 5 heterocycles. The lowest BCUT2D eigenvalue weighted by atomic mass is 9.97. The fraction of sp³-hybridized carbons (Fsp3) is 0.217. The van der Waals surface area contributed by atoms with Crippen molar-refractivity contribution in [2.24, 2.45) is 0 Å². The normalized spacial score (nSPS) is 22.0. The van der Waals surface area contributed by atoms with Crippen LogP contribution in [-0.2, 0) is 0 Å². The number of nitrogens with one attached hydrogen (secondary N) is 1. The summed E-state index contributed by atoms with van der Waals surface area (Å²) in [7, 11) is 0. The van der Waals surface area contributed by atoms with Crippen molar-refractivity contribution in [2.75, 3.05) is 0 Å².